The van der Waals surface area contributed by atoms with Crippen molar-refractivity contribution in [2.45, 2.75) is 43.9 Å². The summed E-state index contributed by atoms with van der Waals surface area (Å²) in [6.07, 6.45) is -3.04. The summed E-state index contributed by atoms with van der Waals surface area (Å²) in [4.78, 5) is 21.2. The van der Waals surface area contributed by atoms with Gasteiger partial charge in [-0.15, -0.1) is 0 Å². The van der Waals surface area contributed by atoms with Crippen molar-refractivity contribution in [3.8, 4) is 0 Å². The van der Waals surface area contributed by atoms with Gasteiger partial charge < -0.3 is 14.8 Å². The number of alkyl halides is 3. The molecule has 9 heteroatoms. The summed E-state index contributed by atoms with van der Waals surface area (Å²) in [5, 5.41) is 2.90. The van der Waals surface area contributed by atoms with E-state index in [0.717, 1.165) is 5.56 Å². The number of rotatable bonds is 5. The molecule has 1 aromatic heterocycles. The molecule has 1 amide bonds. The van der Waals surface area contributed by atoms with Crippen LogP contribution in [0.15, 0.2) is 30.3 Å². The van der Waals surface area contributed by atoms with Gasteiger partial charge in [-0.25, -0.2) is 9.97 Å². The number of aromatic nitrogens is 2. The van der Waals surface area contributed by atoms with Crippen molar-refractivity contribution >= 4 is 5.91 Å². The predicted octanol–water partition coefficient (Wildman–Crippen LogP) is 2.98. The molecule has 0 radical (unpaired) electrons. The molecule has 31 heavy (non-hydrogen) atoms. The van der Waals surface area contributed by atoms with Gasteiger partial charge in [0.15, 0.2) is 5.69 Å². The third kappa shape index (κ3) is 4.57. The van der Waals surface area contributed by atoms with E-state index in [-0.39, 0.29) is 36.9 Å². The molecule has 1 saturated heterocycles. The van der Waals surface area contributed by atoms with E-state index in [1.807, 2.05) is 30.3 Å². The number of nitrogens with one attached hydrogen (secondary N) is 1. The number of benzene rings is 1. The van der Waals surface area contributed by atoms with Crippen LogP contribution in [0.3, 0.4) is 0 Å². The van der Waals surface area contributed by atoms with Crippen molar-refractivity contribution in [3.63, 3.8) is 0 Å². The number of nitrogens with zero attached hydrogens (tertiary/aromatic N) is 2. The highest BCUT2D eigenvalue weighted by Crippen LogP contribution is 2.35. The van der Waals surface area contributed by atoms with E-state index < -0.39 is 17.3 Å². The maximum absolute atomic E-state index is 13.5. The molecule has 0 atom stereocenters. The monoisotopic (exact) mass is 435 g/mol. The highest BCUT2D eigenvalue weighted by atomic mass is 19.4. The van der Waals surface area contributed by atoms with Gasteiger partial charge in [-0.3, -0.25) is 4.79 Å². The summed E-state index contributed by atoms with van der Waals surface area (Å²) in [5.41, 5.74) is -0.342. The number of carbonyl (C=O) groups is 1. The number of carbonyl (C=O) groups excluding carboxylic acids is 1. The second-order valence-electron chi connectivity index (χ2n) is 7.78. The van der Waals surface area contributed by atoms with E-state index >= 15 is 0 Å². The lowest BCUT2D eigenvalue weighted by molar-refractivity contribution is -0.143. The van der Waals surface area contributed by atoms with Crippen molar-refractivity contribution in [1.82, 2.24) is 15.3 Å². The molecule has 2 aromatic rings. The van der Waals surface area contributed by atoms with Crippen LogP contribution in [-0.2, 0) is 45.3 Å². The van der Waals surface area contributed by atoms with Crippen LogP contribution in [0.1, 0.15) is 41.2 Å². The molecule has 1 aromatic carbocycles. The highest BCUT2D eigenvalue weighted by molar-refractivity contribution is 5.88. The molecular weight excluding hydrogens is 411 g/mol. The Morgan fingerprint density at radius 1 is 1.06 bits per heavy atom. The molecule has 1 fully saturated rings. The van der Waals surface area contributed by atoms with Gasteiger partial charge in [-0.2, -0.15) is 13.2 Å². The normalized spacial score (nSPS) is 18.3. The fourth-order valence-corrected chi connectivity index (χ4v) is 4.21. The minimum atomic E-state index is -4.58. The number of amides is 1. The minimum absolute atomic E-state index is 0.0109. The summed E-state index contributed by atoms with van der Waals surface area (Å²) in [7, 11) is 0. The summed E-state index contributed by atoms with van der Waals surface area (Å²) in [6.45, 7) is 1.31. The number of hydrogen-bond donors (Lipinski definition) is 1. The van der Waals surface area contributed by atoms with Crippen molar-refractivity contribution in [2.24, 2.45) is 0 Å². The molecule has 0 bridgehead atoms. The molecule has 0 aliphatic carbocycles. The molecule has 0 spiro atoms. The first-order chi connectivity index (χ1) is 14.9. The maximum atomic E-state index is 13.5. The Balaban J connectivity index is 1.49. The van der Waals surface area contributed by atoms with E-state index in [1.54, 1.807) is 0 Å². The molecule has 6 nitrogen and oxygen atoms in total. The molecule has 0 saturated carbocycles. The van der Waals surface area contributed by atoms with Crippen molar-refractivity contribution in [3.05, 3.63) is 58.7 Å². The molecule has 4 rings (SSSR count). The topological polar surface area (TPSA) is 73.3 Å². The van der Waals surface area contributed by atoms with Crippen LogP contribution >= 0.6 is 0 Å². The quantitative estimate of drug-likeness (QED) is 0.782. The smallest absolute Gasteiger partial charge is 0.381 e. The van der Waals surface area contributed by atoms with Gasteiger partial charge >= 0.3 is 6.18 Å². The first-order valence-corrected chi connectivity index (χ1v) is 10.4. The molecule has 2 aliphatic heterocycles. The molecule has 1 N–H and O–H groups in total. The first-order valence-electron chi connectivity index (χ1n) is 10.4. The predicted molar refractivity (Wildman–Crippen MR) is 105 cm³/mol. The summed E-state index contributed by atoms with van der Waals surface area (Å²) < 4.78 is 51.0. The molecular formula is C22H24F3N3O3. The van der Waals surface area contributed by atoms with Crippen LogP contribution in [0.5, 0.6) is 0 Å². The van der Waals surface area contributed by atoms with Crippen LogP contribution in [0.4, 0.5) is 13.2 Å². The Labute approximate surface area is 178 Å². The van der Waals surface area contributed by atoms with Gasteiger partial charge in [-0.1, -0.05) is 30.3 Å². The van der Waals surface area contributed by atoms with Crippen LogP contribution < -0.4 is 5.32 Å². The molecule has 2 aliphatic rings. The Morgan fingerprint density at radius 3 is 2.52 bits per heavy atom. The largest absolute Gasteiger partial charge is 0.433 e. The zero-order chi connectivity index (χ0) is 21.9. The number of halogens is 3. The summed E-state index contributed by atoms with van der Waals surface area (Å²) in [5.74, 6) is -0.0709. The Bertz CT molecular complexity index is 929. The molecule has 166 valence electrons. The van der Waals surface area contributed by atoms with E-state index in [4.69, 9.17) is 9.47 Å². The Morgan fingerprint density at radius 2 is 1.81 bits per heavy atom. The van der Waals surface area contributed by atoms with E-state index in [1.165, 1.54) is 0 Å². The third-order valence-electron chi connectivity index (χ3n) is 5.88. The fourth-order valence-electron chi connectivity index (χ4n) is 4.21. The summed E-state index contributed by atoms with van der Waals surface area (Å²) >= 11 is 0. The second-order valence-corrected chi connectivity index (χ2v) is 7.78. The fraction of sp³-hybridized carbons (Fsp3) is 0.500. The summed E-state index contributed by atoms with van der Waals surface area (Å²) in [6, 6.07) is 9.53. The second kappa shape index (κ2) is 8.92. The van der Waals surface area contributed by atoms with Gasteiger partial charge in [0.1, 0.15) is 5.82 Å². The lowest BCUT2D eigenvalue weighted by Gasteiger charge is -2.36. The van der Waals surface area contributed by atoms with Crippen LogP contribution in [0.25, 0.3) is 0 Å². The number of ether oxygens (including phenoxy) is 2. The van der Waals surface area contributed by atoms with E-state index in [2.05, 4.69) is 15.3 Å². The standard InChI is InChI=1S/C22H24F3N3O3/c23-22(24,25)19-16-14-31-11-7-17(16)27-18(28-19)6-10-26-20(29)21(8-12-30-13-9-21)15-4-2-1-3-5-15/h1-5H,6-14H2,(H,26,29). The van der Waals surface area contributed by atoms with Crippen molar-refractivity contribution < 1.29 is 27.4 Å². The highest BCUT2D eigenvalue weighted by Gasteiger charge is 2.41. The Kier molecular flexibility index (Phi) is 6.24. The van der Waals surface area contributed by atoms with Crippen molar-refractivity contribution in [1.29, 1.82) is 0 Å². The molecule has 3 heterocycles. The first kappa shape index (κ1) is 21.7. The van der Waals surface area contributed by atoms with Gasteiger partial charge in [0.25, 0.3) is 0 Å². The average molecular weight is 435 g/mol. The zero-order valence-electron chi connectivity index (χ0n) is 17.0. The number of fused-ring (bicyclic) bond motifs is 1. The third-order valence-corrected chi connectivity index (χ3v) is 5.88. The maximum Gasteiger partial charge on any atom is 0.433 e. The minimum Gasteiger partial charge on any atom is -0.381 e. The van der Waals surface area contributed by atoms with Gasteiger partial charge in [0.05, 0.1) is 24.3 Å². The lowest BCUT2D eigenvalue weighted by atomic mass is 9.73. The average Bonchev–Trinajstić information content (AvgIpc) is 2.79. The van der Waals surface area contributed by atoms with Gasteiger partial charge in [0.2, 0.25) is 5.91 Å². The number of hydrogen-bond acceptors (Lipinski definition) is 5. The van der Waals surface area contributed by atoms with Gasteiger partial charge in [0, 0.05) is 38.2 Å². The zero-order valence-corrected chi connectivity index (χ0v) is 17.0. The van der Waals surface area contributed by atoms with E-state index in [9.17, 15) is 18.0 Å². The van der Waals surface area contributed by atoms with Crippen molar-refractivity contribution in [2.75, 3.05) is 26.4 Å². The lowest BCUT2D eigenvalue weighted by Crippen LogP contribution is -2.48. The SMILES string of the molecule is O=C(NCCc1nc2c(c(C(F)(F)F)n1)COCC2)C1(c2ccccc2)CCOCC1. The molecule has 0 unspecified atom stereocenters. The van der Waals surface area contributed by atoms with Crippen LogP contribution in [0.2, 0.25) is 0 Å². The Hall–Kier alpha value is -2.52. The van der Waals surface area contributed by atoms with E-state index in [0.29, 0.717) is 44.8 Å². The van der Waals surface area contributed by atoms with Crippen LogP contribution in [0, 0.1) is 0 Å². The van der Waals surface area contributed by atoms with Gasteiger partial charge in [-0.05, 0) is 18.4 Å². The van der Waals surface area contributed by atoms with Crippen LogP contribution in [-0.4, -0.2) is 42.2 Å².